The molecule has 0 aliphatic heterocycles. The van der Waals surface area contributed by atoms with Crippen molar-refractivity contribution < 1.29 is 4.79 Å². The average Bonchev–Trinajstić information content (AvgIpc) is 3.46. The number of aryl methyl sites for hydroxylation is 1. The van der Waals surface area contributed by atoms with E-state index in [0.717, 1.165) is 27.2 Å². The maximum atomic E-state index is 12.8. The topological polar surface area (TPSA) is 85.6 Å². The predicted molar refractivity (Wildman–Crippen MR) is 115 cm³/mol. The summed E-state index contributed by atoms with van der Waals surface area (Å²) in [5.41, 5.74) is 2.71. The van der Waals surface area contributed by atoms with Gasteiger partial charge in [-0.25, -0.2) is 4.68 Å². The van der Waals surface area contributed by atoms with Crippen LogP contribution in [0.3, 0.4) is 0 Å². The Bertz CT molecular complexity index is 1310. The Morgan fingerprint density at radius 2 is 1.93 bits per heavy atom. The highest BCUT2D eigenvalue weighted by atomic mass is 32.1. The molecule has 0 aliphatic carbocycles. The van der Waals surface area contributed by atoms with E-state index in [9.17, 15) is 4.79 Å². The predicted octanol–water partition coefficient (Wildman–Crippen LogP) is 4.56. The minimum Gasteiger partial charge on any atom is -0.296 e. The number of fused-ring (bicyclic) bond motifs is 1. The van der Waals surface area contributed by atoms with Crippen molar-refractivity contribution in [3.05, 3.63) is 71.5 Å². The summed E-state index contributed by atoms with van der Waals surface area (Å²) in [4.78, 5) is 18.4. The molecule has 0 bridgehead atoms. The summed E-state index contributed by atoms with van der Waals surface area (Å²) in [6, 6.07) is 15.5. The molecule has 0 aliphatic rings. The van der Waals surface area contributed by atoms with Crippen molar-refractivity contribution in [1.82, 2.24) is 25.0 Å². The molecule has 4 aromatic heterocycles. The van der Waals surface area contributed by atoms with Crippen LogP contribution in [0.15, 0.2) is 60.9 Å². The van der Waals surface area contributed by atoms with Crippen LogP contribution in [-0.2, 0) is 0 Å². The first-order valence-electron chi connectivity index (χ1n) is 8.79. The highest BCUT2D eigenvalue weighted by molar-refractivity contribution is 7.21. The van der Waals surface area contributed by atoms with Crippen molar-refractivity contribution in [3.8, 4) is 16.3 Å². The van der Waals surface area contributed by atoms with E-state index in [2.05, 4.69) is 25.6 Å². The number of nitrogens with one attached hydrogen (secondary N) is 1. The summed E-state index contributed by atoms with van der Waals surface area (Å²) in [5, 5.41) is 17.8. The van der Waals surface area contributed by atoms with E-state index in [0.29, 0.717) is 15.0 Å². The summed E-state index contributed by atoms with van der Waals surface area (Å²) >= 11 is 2.72. The van der Waals surface area contributed by atoms with Gasteiger partial charge in [-0.1, -0.05) is 29.5 Å². The number of aromatic nitrogens is 5. The average molecular weight is 419 g/mol. The molecule has 0 atom stereocenters. The summed E-state index contributed by atoms with van der Waals surface area (Å²) in [6.07, 6.45) is 3.42. The maximum Gasteiger partial charge on any atom is 0.267 e. The summed E-state index contributed by atoms with van der Waals surface area (Å²) in [7, 11) is 0. The number of nitrogens with zero attached hydrogens (tertiary/aromatic N) is 5. The first-order valence-corrected chi connectivity index (χ1v) is 10.4. The SMILES string of the molecule is Cc1nn(-c2ccccc2)c2sc(C(=O)Nc3nnc(-c4cccnc4)s3)cc12. The molecule has 0 fully saturated rings. The number of anilines is 1. The molecule has 0 radical (unpaired) electrons. The third-order valence-electron chi connectivity index (χ3n) is 4.32. The largest absolute Gasteiger partial charge is 0.296 e. The van der Waals surface area contributed by atoms with Crippen LogP contribution in [0.2, 0.25) is 0 Å². The van der Waals surface area contributed by atoms with Gasteiger partial charge in [0.05, 0.1) is 16.3 Å². The van der Waals surface area contributed by atoms with Gasteiger partial charge >= 0.3 is 0 Å². The van der Waals surface area contributed by atoms with Crippen molar-refractivity contribution in [3.63, 3.8) is 0 Å². The van der Waals surface area contributed by atoms with Crippen molar-refractivity contribution >= 4 is 43.9 Å². The molecule has 9 heteroatoms. The number of thiophene rings is 1. The Hall–Kier alpha value is -3.43. The van der Waals surface area contributed by atoms with Gasteiger partial charge in [0.15, 0.2) is 5.01 Å². The lowest BCUT2D eigenvalue weighted by molar-refractivity contribution is 0.103. The van der Waals surface area contributed by atoms with Gasteiger partial charge in [-0.15, -0.1) is 21.5 Å². The molecule has 7 nitrogen and oxygen atoms in total. The molecule has 0 saturated carbocycles. The molecule has 5 rings (SSSR count). The van der Waals surface area contributed by atoms with E-state index in [1.807, 2.05) is 60.1 Å². The third-order valence-corrected chi connectivity index (χ3v) is 6.32. The fraction of sp³-hybridized carbons (Fsp3) is 0.0500. The van der Waals surface area contributed by atoms with E-state index >= 15 is 0 Å². The molecule has 0 unspecified atom stereocenters. The normalized spacial score (nSPS) is 11.1. The molecule has 142 valence electrons. The molecule has 1 N–H and O–H groups in total. The molecule has 1 aromatic carbocycles. The van der Waals surface area contributed by atoms with E-state index in [4.69, 9.17) is 0 Å². The number of hydrogen-bond donors (Lipinski definition) is 1. The van der Waals surface area contributed by atoms with Crippen LogP contribution in [-0.4, -0.2) is 30.9 Å². The zero-order chi connectivity index (χ0) is 19.8. The zero-order valence-electron chi connectivity index (χ0n) is 15.2. The monoisotopic (exact) mass is 418 g/mol. The number of para-hydroxylation sites is 1. The first kappa shape index (κ1) is 17.7. The van der Waals surface area contributed by atoms with Crippen molar-refractivity contribution in [2.45, 2.75) is 6.92 Å². The van der Waals surface area contributed by atoms with Gasteiger partial charge in [0.2, 0.25) is 5.13 Å². The van der Waals surface area contributed by atoms with Crippen LogP contribution in [0, 0.1) is 6.92 Å². The fourth-order valence-corrected chi connectivity index (χ4v) is 4.75. The Kier molecular flexibility index (Phi) is 4.38. The van der Waals surface area contributed by atoms with E-state index in [-0.39, 0.29) is 5.91 Å². The van der Waals surface area contributed by atoms with Crippen LogP contribution in [0.4, 0.5) is 5.13 Å². The standard InChI is InChI=1S/C20H14N6OS2/c1-12-15-10-16(28-19(15)26(25-12)14-7-3-2-4-8-14)17(27)22-20-24-23-18(29-20)13-6-5-9-21-11-13/h2-11H,1H3,(H,22,24,27). The van der Waals surface area contributed by atoms with Crippen molar-refractivity contribution in [2.24, 2.45) is 0 Å². The number of carbonyl (C=O) groups is 1. The molecule has 0 saturated heterocycles. The molecular formula is C20H14N6OS2. The number of pyridine rings is 1. The van der Waals surface area contributed by atoms with Crippen molar-refractivity contribution in [1.29, 1.82) is 0 Å². The molecule has 29 heavy (non-hydrogen) atoms. The second kappa shape index (κ2) is 7.19. The maximum absolute atomic E-state index is 12.8. The number of benzene rings is 1. The van der Waals surface area contributed by atoms with Crippen LogP contribution < -0.4 is 5.32 Å². The van der Waals surface area contributed by atoms with Gasteiger partial charge in [0.25, 0.3) is 5.91 Å². The van der Waals surface area contributed by atoms with Crippen molar-refractivity contribution in [2.75, 3.05) is 5.32 Å². The Labute approximate surface area is 173 Å². The lowest BCUT2D eigenvalue weighted by Crippen LogP contribution is -2.09. The third kappa shape index (κ3) is 3.30. The lowest BCUT2D eigenvalue weighted by Gasteiger charge is -2.01. The van der Waals surface area contributed by atoms with E-state index < -0.39 is 0 Å². The Balaban J connectivity index is 1.43. The van der Waals surface area contributed by atoms with E-state index in [1.165, 1.54) is 22.7 Å². The highest BCUT2D eigenvalue weighted by Gasteiger charge is 2.18. The van der Waals surface area contributed by atoms with Gasteiger partial charge in [-0.05, 0) is 37.3 Å². The quantitative estimate of drug-likeness (QED) is 0.462. The number of carbonyl (C=O) groups excluding carboxylic acids is 1. The van der Waals surface area contributed by atoms with Gasteiger partial charge in [0.1, 0.15) is 4.83 Å². The second-order valence-corrected chi connectivity index (χ2v) is 8.28. The highest BCUT2D eigenvalue weighted by Crippen LogP contribution is 2.31. The summed E-state index contributed by atoms with van der Waals surface area (Å²) < 4.78 is 1.87. The fourth-order valence-electron chi connectivity index (χ4n) is 2.94. The minimum absolute atomic E-state index is 0.209. The number of amides is 1. The van der Waals surface area contributed by atoms with Gasteiger partial charge in [-0.3, -0.25) is 15.1 Å². The smallest absolute Gasteiger partial charge is 0.267 e. The van der Waals surface area contributed by atoms with Gasteiger partial charge in [0, 0.05) is 23.3 Å². The Morgan fingerprint density at radius 1 is 1.07 bits per heavy atom. The zero-order valence-corrected chi connectivity index (χ0v) is 16.9. The second-order valence-electron chi connectivity index (χ2n) is 6.27. The first-order chi connectivity index (χ1) is 14.2. The van der Waals surface area contributed by atoms with Gasteiger partial charge < -0.3 is 0 Å². The minimum atomic E-state index is -0.209. The summed E-state index contributed by atoms with van der Waals surface area (Å²) in [5.74, 6) is -0.209. The summed E-state index contributed by atoms with van der Waals surface area (Å²) in [6.45, 7) is 1.95. The number of hydrogen-bond acceptors (Lipinski definition) is 7. The van der Waals surface area contributed by atoms with Gasteiger partial charge in [-0.2, -0.15) is 5.10 Å². The molecule has 0 spiro atoms. The molecule has 4 heterocycles. The van der Waals surface area contributed by atoms with Crippen LogP contribution in [0.25, 0.3) is 26.5 Å². The molecular weight excluding hydrogens is 404 g/mol. The van der Waals surface area contributed by atoms with Crippen LogP contribution >= 0.6 is 22.7 Å². The van der Waals surface area contributed by atoms with E-state index in [1.54, 1.807) is 12.4 Å². The Morgan fingerprint density at radius 3 is 2.72 bits per heavy atom. The number of rotatable bonds is 4. The molecule has 5 aromatic rings. The lowest BCUT2D eigenvalue weighted by atomic mass is 10.3. The molecule has 1 amide bonds. The van der Waals surface area contributed by atoms with Crippen LogP contribution in [0.1, 0.15) is 15.4 Å². The van der Waals surface area contributed by atoms with Crippen LogP contribution in [0.5, 0.6) is 0 Å².